The maximum Gasteiger partial charge on any atom is 0.0242 e. The van der Waals surface area contributed by atoms with Crippen molar-refractivity contribution in [3.63, 3.8) is 0 Å². The Hall–Kier alpha value is -0.820. The molecule has 14 heavy (non-hydrogen) atoms. The number of rotatable bonds is 0. The fourth-order valence-electron chi connectivity index (χ4n) is 3.92. The molecule has 0 amide bonds. The fourth-order valence-corrected chi connectivity index (χ4v) is 3.92. The normalized spacial score (nSPS) is 42.6. The number of hydrogen-bond acceptors (Lipinski definition) is 1. The second-order valence-electron chi connectivity index (χ2n) is 5.01. The standard InChI is InChI=1S/C13H15N/c1-2-4-11-9(3-1)8-14-10-5-6-13(14)12(11)7-10/h1-4,10,12-13H,5-8H2/t10?,12-,13?/m1/s1. The van der Waals surface area contributed by atoms with E-state index in [1.54, 1.807) is 11.1 Å². The van der Waals surface area contributed by atoms with Gasteiger partial charge in [0.05, 0.1) is 0 Å². The van der Waals surface area contributed by atoms with Crippen LogP contribution in [-0.2, 0) is 6.54 Å². The van der Waals surface area contributed by atoms with Gasteiger partial charge in [0.25, 0.3) is 0 Å². The molecule has 72 valence electrons. The van der Waals surface area contributed by atoms with Crippen molar-refractivity contribution in [1.29, 1.82) is 0 Å². The van der Waals surface area contributed by atoms with E-state index >= 15 is 0 Å². The van der Waals surface area contributed by atoms with Crippen LogP contribution < -0.4 is 0 Å². The average molecular weight is 185 g/mol. The maximum atomic E-state index is 2.76. The van der Waals surface area contributed by atoms with Crippen molar-refractivity contribution in [3.8, 4) is 0 Å². The first-order valence-electron chi connectivity index (χ1n) is 5.77. The smallest absolute Gasteiger partial charge is 0.0242 e. The van der Waals surface area contributed by atoms with Gasteiger partial charge in [-0.3, -0.25) is 4.90 Å². The highest BCUT2D eigenvalue weighted by Crippen LogP contribution is 2.51. The summed E-state index contributed by atoms with van der Waals surface area (Å²) in [7, 11) is 0. The summed E-state index contributed by atoms with van der Waals surface area (Å²) < 4.78 is 0. The van der Waals surface area contributed by atoms with E-state index in [9.17, 15) is 0 Å². The molecule has 4 atom stereocenters. The summed E-state index contributed by atoms with van der Waals surface area (Å²) in [5.74, 6) is 0.874. The van der Waals surface area contributed by atoms with E-state index in [4.69, 9.17) is 0 Å². The third-order valence-corrected chi connectivity index (χ3v) is 4.49. The van der Waals surface area contributed by atoms with Crippen LogP contribution in [0.2, 0.25) is 0 Å². The molecule has 0 aliphatic carbocycles. The van der Waals surface area contributed by atoms with Gasteiger partial charge < -0.3 is 0 Å². The summed E-state index contributed by atoms with van der Waals surface area (Å²) in [6.07, 6.45) is 4.33. The lowest BCUT2D eigenvalue weighted by atomic mass is 9.81. The first kappa shape index (κ1) is 7.47. The fraction of sp³-hybridized carbons (Fsp3) is 0.538. The van der Waals surface area contributed by atoms with E-state index in [0.717, 1.165) is 18.0 Å². The SMILES string of the molecule is c1ccc2c(c1)CN1C3CCC1[C@@H]2C3. The summed E-state index contributed by atoms with van der Waals surface area (Å²) in [6, 6.07) is 10.9. The molecule has 3 aliphatic heterocycles. The molecule has 3 heterocycles. The van der Waals surface area contributed by atoms with Crippen molar-refractivity contribution in [2.45, 2.75) is 43.8 Å². The Bertz CT molecular complexity index is 385. The summed E-state index contributed by atoms with van der Waals surface area (Å²) in [5.41, 5.74) is 3.26. The van der Waals surface area contributed by atoms with E-state index in [1.165, 1.54) is 25.8 Å². The predicted molar refractivity (Wildman–Crippen MR) is 56.2 cm³/mol. The summed E-state index contributed by atoms with van der Waals surface area (Å²) in [5, 5.41) is 0. The molecule has 1 heteroatoms. The third kappa shape index (κ3) is 0.755. The van der Waals surface area contributed by atoms with Crippen molar-refractivity contribution in [3.05, 3.63) is 35.4 Å². The molecule has 0 saturated carbocycles. The first-order chi connectivity index (χ1) is 6.93. The molecular weight excluding hydrogens is 170 g/mol. The Kier molecular flexibility index (Phi) is 1.28. The number of benzene rings is 1. The molecule has 0 N–H and O–H groups in total. The van der Waals surface area contributed by atoms with Gasteiger partial charge in [-0.25, -0.2) is 0 Å². The van der Waals surface area contributed by atoms with Crippen LogP contribution in [0.3, 0.4) is 0 Å². The average Bonchev–Trinajstić information content (AvgIpc) is 2.73. The summed E-state index contributed by atoms with van der Waals surface area (Å²) >= 11 is 0. The molecule has 1 aromatic carbocycles. The molecule has 1 nitrogen and oxygen atoms in total. The van der Waals surface area contributed by atoms with Crippen LogP contribution in [-0.4, -0.2) is 17.0 Å². The van der Waals surface area contributed by atoms with Crippen LogP contribution in [0.5, 0.6) is 0 Å². The molecule has 2 saturated heterocycles. The Morgan fingerprint density at radius 2 is 2.07 bits per heavy atom. The van der Waals surface area contributed by atoms with Crippen molar-refractivity contribution < 1.29 is 0 Å². The number of fused-ring (bicyclic) bond motifs is 2. The van der Waals surface area contributed by atoms with Gasteiger partial charge in [0.1, 0.15) is 0 Å². The summed E-state index contributed by atoms with van der Waals surface area (Å²) in [6.45, 7) is 1.22. The molecular formula is C13H15N. The molecule has 4 rings (SSSR count). The van der Waals surface area contributed by atoms with Crippen LogP contribution >= 0.6 is 0 Å². The van der Waals surface area contributed by atoms with Crippen LogP contribution in [0.4, 0.5) is 0 Å². The lowest BCUT2D eigenvalue weighted by Crippen LogP contribution is -2.33. The van der Waals surface area contributed by atoms with Gasteiger partial charge in [0, 0.05) is 24.5 Å². The van der Waals surface area contributed by atoms with Crippen LogP contribution in [0, 0.1) is 0 Å². The van der Waals surface area contributed by atoms with Crippen molar-refractivity contribution >= 4 is 0 Å². The molecule has 0 radical (unpaired) electrons. The maximum absolute atomic E-state index is 2.76. The van der Waals surface area contributed by atoms with Crippen molar-refractivity contribution in [2.75, 3.05) is 0 Å². The zero-order valence-electron chi connectivity index (χ0n) is 8.32. The molecule has 0 aromatic heterocycles. The molecule has 4 bridgehead atoms. The van der Waals surface area contributed by atoms with Gasteiger partial charge >= 0.3 is 0 Å². The Balaban J connectivity index is 1.89. The van der Waals surface area contributed by atoms with Gasteiger partial charge in [-0.05, 0) is 30.4 Å². The van der Waals surface area contributed by atoms with Crippen LogP contribution in [0.15, 0.2) is 24.3 Å². The minimum atomic E-state index is 0.874. The van der Waals surface area contributed by atoms with E-state index in [2.05, 4.69) is 29.2 Å². The van der Waals surface area contributed by atoms with Crippen molar-refractivity contribution in [2.24, 2.45) is 0 Å². The van der Waals surface area contributed by atoms with Gasteiger partial charge in [-0.1, -0.05) is 24.3 Å². The third-order valence-electron chi connectivity index (χ3n) is 4.49. The molecule has 3 unspecified atom stereocenters. The molecule has 0 spiro atoms. The van der Waals surface area contributed by atoms with Gasteiger partial charge in [0.2, 0.25) is 0 Å². The zero-order valence-corrected chi connectivity index (χ0v) is 8.32. The van der Waals surface area contributed by atoms with Crippen LogP contribution in [0.1, 0.15) is 36.3 Å². The first-order valence-corrected chi connectivity index (χ1v) is 5.77. The predicted octanol–water partition coefficient (Wildman–Crippen LogP) is 2.52. The Morgan fingerprint density at radius 3 is 3.07 bits per heavy atom. The zero-order chi connectivity index (χ0) is 9.12. The monoisotopic (exact) mass is 185 g/mol. The van der Waals surface area contributed by atoms with Gasteiger partial charge in [-0.2, -0.15) is 0 Å². The quantitative estimate of drug-likeness (QED) is 0.600. The minimum absolute atomic E-state index is 0.874. The van der Waals surface area contributed by atoms with E-state index < -0.39 is 0 Å². The summed E-state index contributed by atoms with van der Waals surface area (Å²) in [4.78, 5) is 2.76. The van der Waals surface area contributed by atoms with E-state index in [-0.39, 0.29) is 0 Å². The second kappa shape index (κ2) is 2.40. The van der Waals surface area contributed by atoms with Gasteiger partial charge in [0.15, 0.2) is 0 Å². The lowest BCUT2D eigenvalue weighted by molar-refractivity contribution is 0.227. The highest BCUT2D eigenvalue weighted by molar-refractivity contribution is 5.37. The highest BCUT2D eigenvalue weighted by Gasteiger charge is 2.49. The van der Waals surface area contributed by atoms with Gasteiger partial charge in [-0.15, -0.1) is 0 Å². The molecule has 2 fully saturated rings. The highest BCUT2D eigenvalue weighted by atomic mass is 15.2. The van der Waals surface area contributed by atoms with Crippen LogP contribution in [0.25, 0.3) is 0 Å². The molecule has 3 aliphatic rings. The Labute approximate surface area is 84.7 Å². The lowest BCUT2D eigenvalue weighted by Gasteiger charge is -2.31. The number of nitrogens with zero attached hydrogens (tertiary/aromatic N) is 1. The van der Waals surface area contributed by atoms with E-state index in [0.29, 0.717) is 0 Å². The number of hydrogen-bond donors (Lipinski definition) is 0. The topological polar surface area (TPSA) is 3.24 Å². The molecule has 1 aromatic rings. The largest absolute Gasteiger partial charge is 0.293 e. The minimum Gasteiger partial charge on any atom is -0.293 e. The second-order valence-corrected chi connectivity index (χ2v) is 5.01. The Morgan fingerprint density at radius 1 is 1.14 bits per heavy atom. The van der Waals surface area contributed by atoms with Crippen molar-refractivity contribution in [1.82, 2.24) is 4.90 Å². The van der Waals surface area contributed by atoms with E-state index in [1.807, 2.05) is 0 Å².